The van der Waals surface area contributed by atoms with Gasteiger partial charge in [0.05, 0.1) is 25.8 Å². The third-order valence-electron chi connectivity index (χ3n) is 5.77. The molecule has 2 aromatic carbocycles. The number of amides is 1. The van der Waals surface area contributed by atoms with Crippen LogP contribution in [0.4, 0.5) is 5.69 Å². The average Bonchev–Trinajstić information content (AvgIpc) is 2.78. The van der Waals surface area contributed by atoms with Crippen molar-refractivity contribution in [2.75, 3.05) is 32.2 Å². The molecule has 1 aliphatic heterocycles. The van der Waals surface area contributed by atoms with Crippen LogP contribution in [0.5, 0.6) is 11.5 Å². The second-order valence-electron chi connectivity index (χ2n) is 7.62. The second kappa shape index (κ2) is 10.0. The van der Waals surface area contributed by atoms with E-state index in [0.717, 1.165) is 22.5 Å². The number of thiocarbonyl (C=S) groups is 1. The highest BCUT2D eigenvalue weighted by atomic mass is 32.1. The van der Waals surface area contributed by atoms with Gasteiger partial charge in [-0.25, -0.2) is 0 Å². The van der Waals surface area contributed by atoms with Crippen LogP contribution in [0.1, 0.15) is 37.9 Å². The van der Waals surface area contributed by atoms with Gasteiger partial charge in [-0.2, -0.15) is 0 Å². The third kappa shape index (κ3) is 4.30. The molecule has 0 bridgehead atoms. The Kier molecular flexibility index (Phi) is 7.40. The van der Waals surface area contributed by atoms with Crippen molar-refractivity contribution in [1.82, 2.24) is 10.2 Å². The fourth-order valence-corrected chi connectivity index (χ4v) is 4.51. The standard InChI is InChI=1S/C25H31N3O3S/c1-7-27(8-2)24(29)21-17(4)28(18-12-9-11-16(3)15-18)25(32)26-22(21)19-13-10-14-20(30-5)23(19)31-6/h9-15,22H,7-8H2,1-6H3,(H,26,32)/t22-/m1/s1. The van der Waals surface area contributed by atoms with Gasteiger partial charge in [-0.1, -0.05) is 24.3 Å². The van der Waals surface area contributed by atoms with E-state index in [-0.39, 0.29) is 5.91 Å². The quantitative estimate of drug-likeness (QED) is 0.619. The van der Waals surface area contributed by atoms with Gasteiger partial charge < -0.3 is 19.7 Å². The Morgan fingerprint density at radius 3 is 2.38 bits per heavy atom. The molecule has 0 saturated heterocycles. The number of allylic oxidation sites excluding steroid dienone is 1. The van der Waals surface area contributed by atoms with Gasteiger partial charge in [0.1, 0.15) is 0 Å². The Morgan fingerprint density at radius 1 is 1.09 bits per heavy atom. The highest BCUT2D eigenvalue weighted by molar-refractivity contribution is 7.80. The molecule has 0 aliphatic carbocycles. The number of anilines is 1. The lowest BCUT2D eigenvalue weighted by molar-refractivity contribution is -0.127. The fraction of sp³-hybridized carbons (Fsp3) is 0.360. The number of aryl methyl sites for hydroxylation is 1. The molecule has 6 nitrogen and oxygen atoms in total. The van der Waals surface area contributed by atoms with Crippen LogP contribution < -0.4 is 19.7 Å². The van der Waals surface area contributed by atoms with E-state index in [2.05, 4.69) is 11.4 Å². The number of hydrogen-bond acceptors (Lipinski definition) is 4. The number of likely N-dealkylation sites (N-methyl/N-ethyl adjacent to an activating group) is 1. The summed E-state index contributed by atoms with van der Waals surface area (Å²) in [6.45, 7) is 9.18. The number of carbonyl (C=O) groups excluding carboxylic acids is 1. The summed E-state index contributed by atoms with van der Waals surface area (Å²) in [5.41, 5.74) is 4.27. The molecule has 0 radical (unpaired) electrons. The molecule has 1 heterocycles. The Labute approximate surface area is 195 Å². The number of ether oxygens (including phenoxy) is 2. The van der Waals surface area contributed by atoms with Crippen molar-refractivity contribution in [1.29, 1.82) is 0 Å². The van der Waals surface area contributed by atoms with Gasteiger partial charge in [0.15, 0.2) is 16.6 Å². The lowest BCUT2D eigenvalue weighted by Gasteiger charge is -2.39. The van der Waals surface area contributed by atoms with Crippen LogP contribution in [0, 0.1) is 6.92 Å². The van der Waals surface area contributed by atoms with E-state index in [4.69, 9.17) is 21.7 Å². The number of hydrogen-bond donors (Lipinski definition) is 1. The van der Waals surface area contributed by atoms with Gasteiger partial charge >= 0.3 is 0 Å². The molecular weight excluding hydrogens is 422 g/mol. The van der Waals surface area contributed by atoms with E-state index in [1.54, 1.807) is 14.2 Å². The van der Waals surface area contributed by atoms with Crippen molar-refractivity contribution < 1.29 is 14.3 Å². The van der Waals surface area contributed by atoms with E-state index in [1.165, 1.54) is 0 Å². The Balaban J connectivity index is 2.24. The molecule has 0 spiro atoms. The van der Waals surface area contributed by atoms with Gasteiger partial charge in [-0.3, -0.25) is 9.69 Å². The molecule has 32 heavy (non-hydrogen) atoms. The van der Waals surface area contributed by atoms with E-state index < -0.39 is 6.04 Å². The molecule has 0 unspecified atom stereocenters. The van der Waals surface area contributed by atoms with Crippen molar-refractivity contribution in [3.05, 3.63) is 64.9 Å². The first-order valence-corrected chi connectivity index (χ1v) is 11.2. The van der Waals surface area contributed by atoms with Crippen molar-refractivity contribution >= 4 is 28.9 Å². The molecule has 7 heteroatoms. The lowest BCUT2D eigenvalue weighted by atomic mass is 9.92. The Bertz CT molecular complexity index is 1050. The zero-order valence-electron chi connectivity index (χ0n) is 19.6. The predicted octanol–water partition coefficient (Wildman–Crippen LogP) is 4.59. The van der Waals surface area contributed by atoms with Crippen LogP contribution in [-0.4, -0.2) is 43.2 Å². The maximum Gasteiger partial charge on any atom is 0.253 e. The Hall–Kier alpha value is -3.06. The summed E-state index contributed by atoms with van der Waals surface area (Å²) in [4.78, 5) is 17.5. The molecular formula is C25H31N3O3S. The molecule has 170 valence electrons. The SMILES string of the molecule is CCN(CC)C(=O)C1=C(C)N(c2cccc(C)c2)C(=S)N[C@@H]1c1cccc(OC)c1OC. The van der Waals surface area contributed by atoms with E-state index in [0.29, 0.717) is 35.3 Å². The maximum atomic E-state index is 13.7. The third-order valence-corrected chi connectivity index (χ3v) is 6.07. The number of nitrogens with one attached hydrogen (secondary N) is 1. The normalized spacial score (nSPS) is 16.0. The van der Waals surface area contributed by atoms with Gasteiger partial charge in [0.2, 0.25) is 0 Å². The van der Waals surface area contributed by atoms with Crippen molar-refractivity contribution in [3.63, 3.8) is 0 Å². The fourth-order valence-electron chi connectivity index (χ4n) is 4.15. The predicted molar refractivity (Wildman–Crippen MR) is 132 cm³/mol. The summed E-state index contributed by atoms with van der Waals surface area (Å²) in [6, 6.07) is 13.3. The molecule has 2 aromatic rings. The van der Waals surface area contributed by atoms with Crippen molar-refractivity contribution in [3.8, 4) is 11.5 Å². The monoisotopic (exact) mass is 453 g/mol. The number of nitrogens with zero attached hydrogens (tertiary/aromatic N) is 2. The molecule has 1 atom stereocenters. The van der Waals surface area contributed by atoms with Gasteiger partial charge in [-0.15, -0.1) is 0 Å². The number of rotatable bonds is 7. The van der Waals surface area contributed by atoms with E-state index >= 15 is 0 Å². The van der Waals surface area contributed by atoms with Crippen LogP contribution in [-0.2, 0) is 4.79 Å². The zero-order valence-corrected chi connectivity index (χ0v) is 20.4. The highest BCUT2D eigenvalue weighted by Crippen LogP contribution is 2.41. The summed E-state index contributed by atoms with van der Waals surface area (Å²) in [6.07, 6.45) is 0. The summed E-state index contributed by atoms with van der Waals surface area (Å²) in [5, 5.41) is 3.93. The number of benzene rings is 2. The number of carbonyl (C=O) groups is 1. The lowest BCUT2D eigenvalue weighted by Crippen LogP contribution is -2.50. The molecule has 0 aromatic heterocycles. The smallest absolute Gasteiger partial charge is 0.253 e. The summed E-state index contributed by atoms with van der Waals surface area (Å²) in [5.74, 6) is 1.15. The summed E-state index contributed by atoms with van der Waals surface area (Å²) in [7, 11) is 3.20. The van der Waals surface area contributed by atoms with Crippen LogP contribution in [0.3, 0.4) is 0 Å². The molecule has 1 aliphatic rings. The molecule has 1 N–H and O–H groups in total. The highest BCUT2D eigenvalue weighted by Gasteiger charge is 2.37. The first-order valence-electron chi connectivity index (χ1n) is 10.8. The topological polar surface area (TPSA) is 54.0 Å². The largest absolute Gasteiger partial charge is 0.493 e. The molecule has 0 fully saturated rings. The molecule has 1 amide bonds. The average molecular weight is 454 g/mol. The minimum absolute atomic E-state index is 0.0324. The van der Waals surface area contributed by atoms with Crippen LogP contribution in [0.25, 0.3) is 0 Å². The van der Waals surface area contributed by atoms with Crippen LogP contribution in [0.15, 0.2) is 53.7 Å². The van der Waals surface area contributed by atoms with Crippen LogP contribution in [0.2, 0.25) is 0 Å². The molecule has 3 rings (SSSR count). The second-order valence-corrected chi connectivity index (χ2v) is 8.00. The van der Waals surface area contributed by atoms with Crippen LogP contribution >= 0.6 is 12.2 Å². The first-order chi connectivity index (χ1) is 15.4. The van der Waals surface area contributed by atoms with Crippen molar-refractivity contribution in [2.45, 2.75) is 33.7 Å². The zero-order chi connectivity index (χ0) is 23.4. The summed E-state index contributed by atoms with van der Waals surface area (Å²) < 4.78 is 11.2. The minimum Gasteiger partial charge on any atom is -0.493 e. The van der Waals surface area contributed by atoms with E-state index in [1.807, 2.05) is 73.9 Å². The summed E-state index contributed by atoms with van der Waals surface area (Å²) >= 11 is 5.79. The Morgan fingerprint density at radius 2 is 1.78 bits per heavy atom. The number of methoxy groups -OCH3 is 2. The van der Waals surface area contributed by atoms with E-state index in [9.17, 15) is 4.79 Å². The van der Waals surface area contributed by atoms with Gasteiger partial charge in [-0.05, 0) is 63.7 Å². The van der Waals surface area contributed by atoms with Crippen molar-refractivity contribution in [2.24, 2.45) is 0 Å². The number of para-hydroxylation sites is 1. The minimum atomic E-state index is -0.471. The maximum absolute atomic E-state index is 13.7. The van der Waals surface area contributed by atoms with Gasteiger partial charge in [0.25, 0.3) is 5.91 Å². The molecule has 0 saturated carbocycles. The first kappa shape index (κ1) is 23.6. The van der Waals surface area contributed by atoms with Gasteiger partial charge in [0, 0.05) is 30.0 Å².